The number of rotatable bonds is 5. The standard InChI is InChI=1S/C24H28N2/c1-18-10-8-9-13-22(18)25-26-23(20-11-6-5-7-12-20)17-19-14-15-21(16-19)24(2,3)4/h5-13,15-16,25H,14,17H2,1-4H3. The highest BCUT2D eigenvalue weighted by atomic mass is 15.3. The summed E-state index contributed by atoms with van der Waals surface area (Å²) >= 11 is 0. The van der Waals surface area contributed by atoms with Gasteiger partial charge in [0.2, 0.25) is 0 Å². The van der Waals surface area contributed by atoms with Crippen molar-refractivity contribution in [2.45, 2.75) is 40.5 Å². The first-order valence-electron chi connectivity index (χ1n) is 9.27. The largest absolute Gasteiger partial charge is 0.278 e. The number of hydrogen-bond acceptors (Lipinski definition) is 2. The molecule has 1 aliphatic carbocycles. The van der Waals surface area contributed by atoms with Crippen molar-refractivity contribution >= 4 is 11.4 Å². The topological polar surface area (TPSA) is 24.4 Å². The molecule has 0 saturated carbocycles. The number of para-hydroxylation sites is 1. The fourth-order valence-corrected chi connectivity index (χ4v) is 3.10. The van der Waals surface area contributed by atoms with Crippen molar-refractivity contribution in [1.29, 1.82) is 0 Å². The van der Waals surface area contributed by atoms with E-state index in [-0.39, 0.29) is 5.41 Å². The molecule has 0 bridgehead atoms. The molecule has 2 nitrogen and oxygen atoms in total. The molecule has 0 radical (unpaired) electrons. The van der Waals surface area contributed by atoms with Gasteiger partial charge in [0.25, 0.3) is 0 Å². The quantitative estimate of drug-likeness (QED) is 0.485. The fourth-order valence-electron chi connectivity index (χ4n) is 3.10. The molecule has 0 amide bonds. The van der Waals surface area contributed by atoms with Crippen LogP contribution in [-0.2, 0) is 0 Å². The predicted octanol–water partition coefficient (Wildman–Crippen LogP) is 6.50. The second-order valence-corrected chi connectivity index (χ2v) is 7.94. The van der Waals surface area contributed by atoms with Crippen LogP contribution in [0.1, 0.15) is 44.7 Å². The van der Waals surface area contributed by atoms with E-state index in [0.717, 1.165) is 24.2 Å². The van der Waals surface area contributed by atoms with Crippen molar-refractivity contribution in [3.8, 4) is 0 Å². The van der Waals surface area contributed by atoms with Crippen molar-refractivity contribution in [3.63, 3.8) is 0 Å². The van der Waals surface area contributed by atoms with Crippen LogP contribution in [0.15, 0.2) is 83.0 Å². The minimum atomic E-state index is 0.200. The first-order chi connectivity index (χ1) is 12.4. The molecule has 26 heavy (non-hydrogen) atoms. The molecule has 2 heteroatoms. The molecule has 0 unspecified atom stereocenters. The Morgan fingerprint density at radius 3 is 2.35 bits per heavy atom. The molecule has 0 spiro atoms. The van der Waals surface area contributed by atoms with E-state index in [1.165, 1.54) is 22.3 Å². The summed E-state index contributed by atoms with van der Waals surface area (Å²) in [7, 11) is 0. The Labute approximate surface area is 157 Å². The second-order valence-electron chi connectivity index (χ2n) is 7.94. The van der Waals surface area contributed by atoms with Crippen LogP contribution in [-0.4, -0.2) is 5.71 Å². The van der Waals surface area contributed by atoms with E-state index < -0.39 is 0 Å². The molecule has 0 aromatic heterocycles. The normalized spacial score (nSPS) is 14.8. The Kier molecular flexibility index (Phi) is 5.41. The number of hydrogen-bond donors (Lipinski definition) is 1. The van der Waals surface area contributed by atoms with Crippen LogP contribution in [0.25, 0.3) is 0 Å². The molecule has 3 rings (SSSR count). The van der Waals surface area contributed by atoms with Gasteiger partial charge in [-0.05, 0) is 41.5 Å². The number of benzene rings is 2. The third-order valence-corrected chi connectivity index (χ3v) is 4.77. The molecule has 0 atom stereocenters. The van der Waals surface area contributed by atoms with Crippen LogP contribution in [0.4, 0.5) is 5.69 Å². The fraction of sp³-hybridized carbons (Fsp3) is 0.292. The van der Waals surface area contributed by atoms with E-state index >= 15 is 0 Å². The first-order valence-corrected chi connectivity index (χ1v) is 9.27. The van der Waals surface area contributed by atoms with Crippen molar-refractivity contribution in [1.82, 2.24) is 0 Å². The monoisotopic (exact) mass is 344 g/mol. The molecular weight excluding hydrogens is 316 g/mol. The molecule has 2 aromatic carbocycles. The average Bonchev–Trinajstić information content (AvgIpc) is 3.10. The van der Waals surface area contributed by atoms with Gasteiger partial charge >= 0.3 is 0 Å². The maximum atomic E-state index is 4.78. The van der Waals surface area contributed by atoms with E-state index in [1.807, 2.05) is 18.2 Å². The molecule has 0 aliphatic heterocycles. The van der Waals surface area contributed by atoms with Crippen molar-refractivity contribution in [3.05, 3.63) is 89.0 Å². The Hall–Kier alpha value is -2.61. The molecule has 134 valence electrons. The Morgan fingerprint density at radius 1 is 1.00 bits per heavy atom. The number of hydrazone groups is 1. The van der Waals surface area contributed by atoms with Gasteiger partial charge in [0.1, 0.15) is 0 Å². The van der Waals surface area contributed by atoms with Gasteiger partial charge in [0.15, 0.2) is 0 Å². The summed E-state index contributed by atoms with van der Waals surface area (Å²) < 4.78 is 0. The van der Waals surface area contributed by atoms with Crippen LogP contribution < -0.4 is 5.43 Å². The SMILES string of the molecule is Cc1ccccc1NN=C(CC1=CC(C(C)(C)C)=CC1)c1ccccc1. The van der Waals surface area contributed by atoms with Crippen LogP contribution in [0, 0.1) is 12.3 Å². The maximum Gasteiger partial charge on any atom is 0.0720 e. The van der Waals surface area contributed by atoms with Gasteiger partial charge in [-0.2, -0.15) is 5.10 Å². The second kappa shape index (κ2) is 7.74. The molecular formula is C24H28N2. The summed E-state index contributed by atoms with van der Waals surface area (Å²) in [5.74, 6) is 0. The van der Waals surface area contributed by atoms with Crippen molar-refractivity contribution in [2.24, 2.45) is 10.5 Å². The summed E-state index contributed by atoms with van der Waals surface area (Å²) in [5.41, 5.74) is 10.8. The lowest BCUT2D eigenvalue weighted by molar-refractivity contribution is 0.517. The number of anilines is 1. The zero-order valence-corrected chi connectivity index (χ0v) is 16.2. The lowest BCUT2D eigenvalue weighted by atomic mass is 9.87. The molecule has 0 saturated heterocycles. The summed E-state index contributed by atoms with van der Waals surface area (Å²) in [4.78, 5) is 0. The van der Waals surface area contributed by atoms with Gasteiger partial charge < -0.3 is 0 Å². The third kappa shape index (κ3) is 4.51. The Balaban J connectivity index is 1.84. The summed E-state index contributed by atoms with van der Waals surface area (Å²) in [6, 6.07) is 18.7. The van der Waals surface area contributed by atoms with Gasteiger partial charge in [-0.3, -0.25) is 5.43 Å². The Bertz CT molecular complexity index is 849. The molecule has 1 N–H and O–H groups in total. The minimum Gasteiger partial charge on any atom is -0.278 e. The van der Waals surface area contributed by atoms with Crippen molar-refractivity contribution < 1.29 is 0 Å². The van der Waals surface area contributed by atoms with Gasteiger partial charge in [-0.15, -0.1) is 0 Å². The average molecular weight is 345 g/mol. The highest BCUT2D eigenvalue weighted by molar-refractivity contribution is 6.02. The van der Waals surface area contributed by atoms with Crippen LogP contribution in [0.2, 0.25) is 0 Å². The molecule has 2 aromatic rings. The minimum absolute atomic E-state index is 0.200. The van der Waals surface area contributed by atoms with Crippen LogP contribution in [0.3, 0.4) is 0 Å². The lowest BCUT2D eigenvalue weighted by Crippen LogP contribution is -2.07. The summed E-state index contributed by atoms with van der Waals surface area (Å²) in [6.07, 6.45) is 6.58. The number of aryl methyl sites for hydroxylation is 1. The van der Waals surface area contributed by atoms with Gasteiger partial charge in [-0.1, -0.05) is 87.0 Å². The third-order valence-electron chi connectivity index (χ3n) is 4.77. The van der Waals surface area contributed by atoms with E-state index in [9.17, 15) is 0 Å². The molecule has 0 fully saturated rings. The van der Waals surface area contributed by atoms with E-state index in [2.05, 4.69) is 81.7 Å². The van der Waals surface area contributed by atoms with Gasteiger partial charge in [0, 0.05) is 6.42 Å². The van der Waals surface area contributed by atoms with Crippen LogP contribution in [0.5, 0.6) is 0 Å². The first kappa shape index (κ1) is 18.2. The summed E-state index contributed by atoms with van der Waals surface area (Å²) in [5, 5.41) is 4.78. The number of nitrogens with zero attached hydrogens (tertiary/aromatic N) is 1. The smallest absolute Gasteiger partial charge is 0.0720 e. The van der Waals surface area contributed by atoms with E-state index in [0.29, 0.717) is 0 Å². The maximum absolute atomic E-state index is 4.78. The predicted molar refractivity (Wildman–Crippen MR) is 113 cm³/mol. The molecule has 1 aliphatic rings. The van der Waals surface area contributed by atoms with Crippen molar-refractivity contribution in [2.75, 3.05) is 5.43 Å². The zero-order valence-electron chi connectivity index (χ0n) is 16.2. The summed E-state index contributed by atoms with van der Waals surface area (Å²) in [6.45, 7) is 8.90. The highest BCUT2D eigenvalue weighted by Gasteiger charge is 2.20. The highest BCUT2D eigenvalue weighted by Crippen LogP contribution is 2.34. The van der Waals surface area contributed by atoms with E-state index in [1.54, 1.807) is 0 Å². The Morgan fingerprint density at radius 2 is 1.69 bits per heavy atom. The lowest BCUT2D eigenvalue weighted by Gasteiger charge is -2.18. The van der Waals surface area contributed by atoms with Gasteiger partial charge in [0.05, 0.1) is 11.4 Å². The van der Waals surface area contributed by atoms with Crippen LogP contribution >= 0.6 is 0 Å². The van der Waals surface area contributed by atoms with E-state index in [4.69, 9.17) is 5.10 Å². The zero-order chi connectivity index (χ0) is 18.6. The molecule has 0 heterocycles. The number of nitrogens with one attached hydrogen (secondary N) is 1. The number of allylic oxidation sites excluding steroid dienone is 4. The van der Waals surface area contributed by atoms with Gasteiger partial charge in [-0.25, -0.2) is 0 Å².